The van der Waals surface area contributed by atoms with E-state index in [0.29, 0.717) is 6.42 Å². The molecule has 0 radical (unpaired) electrons. The predicted octanol–water partition coefficient (Wildman–Crippen LogP) is 3.66. The number of hydrogen-bond donors (Lipinski definition) is 4. The molecule has 0 saturated heterocycles. The van der Waals surface area contributed by atoms with Gasteiger partial charge in [0.15, 0.2) is 0 Å². The molecule has 8 nitrogen and oxygen atoms in total. The summed E-state index contributed by atoms with van der Waals surface area (Å²) in [6, 6.07) is -1.04. The molecule has 0 spiro atoms. The first-order valence-corrected chi connectivity index (χ1v) is 12.2. The lowest BCUT2D eigenvalue weighted by atomic mass is 9.89. The lowest BCUT2D eigenvalue weighted by molar-refractivity contribution is -0.147. The number of carboxylic acids is 1. The molecule has 0 rings (SSSR count). The monoisotopic (exact) mass is 455 g/mol. The molecule has 0 aromatic rings. The number of carbonyl (C=O) groups excluding carboxylic acids is 3. The highest BCUT2D eigenvalue weighted by Gasteiger charge is 2.28. The molecule has 0 aliphatic carbocycles. The van der Waals surface area contributed by atoms with E-state index >= 15 is 0 Å². The van der Waals surface area contributed by atoms with Crippen molar-refractivity contribution in [3.05, 3.63) is 0 Å². The molecular weight excluding hydrogens is 410 g/mol. The van der Waals surface area contributed by atoms with Crippen LogP contribution in [0.4, 0.5) is 0 Å². The highest BCUT2D eigenvalue weighted by atomic mass is 16.4. The van der Waals surface area contributed by atoms with Crippen LogP contribution in [0.2, 0.25) is 0 Å². The normalized spacial score (nSPS) is 12.2. The molecule has 0 aliphatic rings. The fourth-order valence-electron chi connectivity index (χ4n) is 3.36. The van der Waals surface area contributed by atoms with Gasteiger partial charge in [-0.3, -0.25) is 19.2 Å². The highest BCUT2D eigenvalue weighted by Crippen LogP contribution is 2.19. The van der Waals surface area contributed by atoms with Crippen LogP contribution < -0.4 is 16.4 Å². The molecule has 0 aromatic carbocycles. The van der Waals surface area contributed by atoms with Crippen molar-refractivity contribution >= 4 is 23.7 Å². The summed E-state index contributed by atoms with van der Waals surface area (Å²) in [6.07, 6.45) is 13.3. The molecule has 32 heavy (non-hydrogen) atoms. The van der Waals surface area contributed by atoms with Gasteiger partial charge in [0.25, 0.3) is 0 Å². The van der Waals surface area contributed by atoms with E-state index in [2.05, 4.69) is 17.6 Å². The van der Waals surface area contributed by atoms with Crippen molar-refractivity contribution in [1.29, 1.82) is 0 Å². The maximum Gasteiger partial charge on any atom is 0.309 e. The summed E-state index contributed by atoms with van der Waals surface area (Å²) >= 11 is 0. The van der Waals surface area contributed by atoms with Gasteiger partial charge in [-0.05, 0) is 26.7 Å². The van der Waals surface area contributed by atoms with E-state index in [1.54, 1.807) is 13.8 Å². The van der Waals surface area contributed by atoms with Gasteiger partial charge in [0, 0.05) is 13.0 Å². The Labute approximate surface area is 193 Å². The van der Waals surface area contributed by atoms with E-state index in [1.807, 2.05) is 0 Å². The lowest BCUT2D eigenvalue weighted by Crippen LogP contribution is -2.49. The number of carboxylic acid groups (broad SMARTS) is 1. The molecule has 0 bridgehead atoms. The molecule has 1 unspecified atom stereocenters. The quantitative estimate of drug-likeness (QED) is 0.207. The summed E-state index contributed by atoms with van der Waals surface area (Å²) in [5, 5.41) is 14.3. The maximum atomic E-state index is 12.3. The van der Waals surface area contributed by atoms with Gasteiger partial charge in [-0.2, -0.15) is 0 Å². The SMILES string of the molecule is CCCCCCCCCCCCCC(=O)NC(CC(N)=O)C(=O)NCCC(C)(C)C(=O)O. The van der Waals surface area contributed by atoms with Gasteiger partial charge in [0.1, 0.15) is 6.04 Å². The average molecular weight is 456 g/mol. The van der Waals surface area contributed by atoms with Gasteiger partial charge in [-0.1, -0.05) is 71.1 Å². The minimum Gasteiger partial charge on any atom is -0.481 e. The van der Waals surface area contributed by atoms with E-state index in [-0.39, 0.29) is 25.3 Å². The second kappa shape index (κ2) is 17.4. The van der Waals surface area contributed by atoms with E-state index in [9.17, 15) is 19.2 Å². The van der Waals surface area contributed by atoms with E-state index < -0.39 is 29.2 Å². The molecule has 5 N–H and O–H groups in total. The number of carbonyl (C=O) groups is 4. The first-order chi connectivity index (χ1) is 15.1. The first kappa shape index (κ1) is 29.9. The fourth-order valence-corrected chi connectivity index (χ4v) is 3.36. The standard InChI is InChI=1S/C24H45N3O5/c1-4-5-6-7-8-9-10-11-12-13-14-15-21(29)27-19(18-20(25)28)22(30)26-17-16-24(2,3)23(31)32/h19H,4-18H2,1-3H3,(H2,25,28)(H,26,30)(H,27,29)(H,31,32). The Morgan fingerprint density at radius 3 is 1.84 bits per heavy atom. The molecular formula is C24H45N3O5. The van der Waals surface area contributed by atoms with Crippen LogP contribution in [0.15, 0.2) is 0 Å². The van der Waals surface area contributed by atoms with Crippen molar-refractivity contribution in [2.75, 3.05) is 6.54 Å². The molecule has 0 aliphatic heterocycles. The van der Waals surface area contributed by atoms with Crippen LogP contribution in [0, 0.1) is 5.41 Å². The highest BCUT2D eigenvalue weighted by molar-refractivity contribution is 5.91. The molecule has 8 heteroatoms. The Morgan fingerprint density at radius 1 is 0.875 bits per heavy atom. The summed E-state index contributed by atoms with van der Waals surface area (Å²) < 4.78 is 0. The summed E-state index contributed by atoms with van der Waals surface area (Å²) in [6.45, 7) is 5.48. The number of amides is 3. The maximum absolute atomic E-state index is 12.3. The zero-order valence-electron chi connectivity index (χ0n) is 20.3. The van der Waals surface area contributed by atoms with Crippen molar-refractivity contribution in [1.82, 2.24) is 10.6 Å². The summed E-state index contributed by atoms with van der Waals surface area (Å²) in [5.74, 6) is -2.46. The summed E-state index contributed by atoms with van der Waals surface area (Å²) in [5.41, 5.74) is 4.23. The van der Waals surface area contributed by atoms with Crippen molar-refractivity contribution in [3.63, 3.8) is 0 Å². The minimum atomic E-state index is -1.04. The van der Waals surface area contributed by atoms with Gasteiger partial charge < -0.3 is 21.5 Å². The molecule has 0 saturated carbocycles. The number of aliphatic carboxylic acids is 1. The first-order valence-electron chi connectivity index (χ1n) is 12.2. The van der Waals surface area contributed by atoms with Crippen LogP contribution in [0.1, 0.15) is 111 Å². The van der Waals surface area contributed by atoms with Gasteiger partial charge >= 0.3 is 5.97 Å². The molecule has 3 amide bonds. The van der Waals surface area contributed by atoms with Crippen LogP contribution in [-0.4, -0.2) is 41.4 Å². The number of nitrogens with two attached hydrogens (primary N) is 1. The van der Waals surface area contributed by atoms with E-state index in [0.717, 1.165) is 19.3 Å². The van der Waals surface area contributed by atoms with Gasteiger partial charge in [-0.25, -0.2) is 0 Å². The molecule has 0 heterocycles. The van der Waals surface area contributed by atoms with Crippen molar-refractivity contribution in [3.8, 4) is 0 Å². The average Bonchev–Trinajstić information content (AvgIpc) is 2.70. The molecule has 186 valence electrons. The summed E-state index contributed by atoms with van der Waals surface area (Å²) in [4.78, 5) is 47.0. The topological polar surface area (TPSA) is 139 Å². The van der Waals surface area contributed by atoms with Gasteiger partial charge in [0.2, 0.25) is 17.7 Å². The van der Waals surface area contributed by atoms with Crippen LogP contribution >= 0.6 is 0 Å². The van der Waals surface area contributed by atoms with E-state index in [1.165, 1.54) is 51.4 Å². The third-order valence-electron chi connectivity index (χ3n) is 5.69. The third kappa shape index (κ3) is 15.6. The Hall–Kier alpha value is -2.12. The Kier molecular flexibility index (Phi) is 16.3. The fraction of sp³-hybridized carbons (Fsp3) is 0.833. The zero-order valence-corrected chi connectivity index (χ0v) is 20.3. The number of unbranched alkanes of at least 4 members (excludes halogenated alkanes) is 10. The zero-order chi connectivity index (χ0) is 24.4. The van der Waals surface area contributed by atoms with Gasteiger partial charge in [-0.15, -0.1) is 0 Å². The molecule has 0 aromatic heterocycles. The van der Waals surface area contributed by atoms with Crippen molar-refractivity contribution in [2.45, 2.75) is 117 Å². The third-order valence-corrected chi connectivity index (χ3v) is 5.69. The Bertz CT molecular complexity index is 578. The second-order valence-electron chi connectivity index (χ2n) is 9.31. The number of nitrogens with one attached hydrogen (secondary N) is 2. The number of hydrogen-bond acceptors (Lipinski definition) is 4. The second-order valence-corrected chi connectivity index (χ2v) is 9.31. The number of primary amides is 1. The van der Waals surface area contributed by atoms with E-state index in [4.69, 9.17) is 10.8 Å². The number of rotatable bonds is 20. The molecule has 0 fully saturated rings. The predicted molar refractivity (Wildman–Crippen MR) is 126 cm³/mol. The van der Waals surface area contributed by atoms with Crippen molar-refractivity contribution in [2.24, 2.45) is 11.1 Å². The Balaban J connectivity index is 4.11. The molecule has 1 atom stereocenters. The minimum absolute atomic E-state index is 0.127. The smallest absolute Gasteiger partial charge is 0.309 e. The lowest BCUT2D eigenvalue weighted by Gasteiger charge is -2.21. The van der Waals surface area contributed by atoms with Crippen molar-refractivity contribution < 1.29 is 24.3 Å². The summed E-state index contributed by atoms with van der Waals surface area (Å²) in [7, 11) is 0. The van der Waals surface area contributed by atoms with Crippen LogP contribution in [0.25, 0.3) is 0 Å². The van der Waals surface area contributed by atoms with Crippen LogP contribution in [0.5, 0.6) is 0 Å². The largest absolute Gasteiger partial charge is 0.481 e. The Morgan fingerprint density at radius 2 is 1.38 bits per heavy atom. The van der Waals surface area contributed by atoms with Crippen LogP contribution in [-0.2, 0) is 19.2 Å². The van der Waals surface area contributed by atoms with Crippen LogP contribution in [0.3, 0.4) is 0 Å². The van der Waals surface area contributed by atoms with Gasteiger partial charge in [0.05, 0.1) is 11.8 Å².